The summed E-state index contributed by atoms with van der Waals surface area (Å²) in [6.45, 7) is 23.3. The van der Waals surface area contributed by atoms with Crippen LogP contribution in [0.4, 0.5) is 0 Å². The first-order chi connectivity index (χ1) is 14.2. The molecule has 0 aromatic rings. The van der Waals surface area contributed by atoms with E-state index in [9.17, 15) is 4.79 Å². The lowest BCUT2D eigenvalue weighted by Gasteiger charge is -2.32. The summed E-state index contributed by atoms with van der Waals surface area (Å²) in [5.74, 6) is 2.53. The van der Waals surface area contributed by atoms with Crippen LogP contribution in [-0.4, -0.2) is 26.3 Å². The van der Waals surface area contributed by atoms with Crippen LogP contribution in [-0.2, 0) is 4.79 Å². The van der Waals surface area contributed by atoms with Crippen molar-refractivity contribution >= 4 is 29.3 Å². The summed E-state index contributed by atoms with van der Waals surface area (Å²) >= 11 is 4.16. The van der Waals surface area contributed by atoms with Gasteiger partial charge in [-0.25, -0.2) is 0 Å². The lowest BCUT2D eigenvalue weighted by Crippen LogP contribution is -2.27. The van der Waals surface area contributed by atoms with E-state index in [1.54, 1.807) is 0 Å². The monoisotopic (exact) mass is 472 g/mol. The third kappa shape index (κ3) is 18.5. The molecule has 0 spiro atoms. The second-order valence-electron chi connectivity index (χ2n) is 12.2. The quantitative estimate of drug-likeness (QED) is 0.174. The molecule has 0 saturated heterocycles. The maximum Gasteiger partial charge on any atom is 0.134 e. The smallest absolute Gasteiger partial charge is 0.134 e. The number of thioether (sulfide) groups is 2. The molecule has 0 aromatic heterocycles. The zero-order valence-electron chi connectivity index (χ0n) is 22.9. The van der Waals surface area contributed by atoms with Crippen molar-refractivity contribution in [2.45, 2.75) is 155 Å². The molecule has 0 aliphatic rings. The van der Waals surface area contributed by atoms with Crippen LogP contribution in [0, 0.1) is 11.3 Å². The van der Waals surface area contributed by atoms with Crippen molar-refractivity contribution in [3.8, 4) is 0 Å². The molecule has 31 heavy (non-hydrogen) atoms. The van der Waals surface area contributed by atoms with Gasteiger partial charge in [0.05, 0.1) is 0 Å². The zero-order valence-corrected chi connectivity index (χ0v) is 24.5. The van der Waals surface area contributed by atoms with Crippen molar-refractivity contribution in [2.75, 3.05) is 5.75 Å². The predicted molar refractivity (Wildman–Crippen MR) is 148 cm³/mol. The number of unbranched alkanes of at least 4 members (excludes halogenated alkanes) is 2. The van der Waals surface area contributed by atoms with Gasteiger partial charge in [0.1, 0.15) is 5.78 Å². The number of hydrogen-bond donors (Lipinski definition) is 0. The fraction of sp³-hybridized carbons (Fsp3) is 0.964. The SMILES string of the molecule is CCCC(=O)CC(C)(C)SC(C)CC(C)(C)SCCCCCC(C)(C)CCCC(C)C. The summed E-state index contributed by atoms with van der Waals surface area (Å²) in [6.07, 6.45) is 13.2. The van der Waals surface area contributed by atoms with Crippen molar-refractivity contribution in [1.29, 1.82) is 0 Å². The van der Waals surface area contributed by atoms with Gasteiger partial charge in [-0.3, -0.25) is 4.79 Å². The molecule has 186 valence electrons. The highest BCUT2D eigenvalue weighted by Gasteiger charge is 2.28. The molecule has 0 aliphatic carbocycles. The van der Waals surface area contributed by atoms with Gasteiger partial charge in [0, 0.05) is 27.6 Å². The largest absolute Gasteiger partial charge is 0.300 e. The van der Waals surface area contributed by atoms with Crippen molar-refractivity contribution in [2.24, 2.45) is 11.3 Å². The predicted octanol–water partition coefficient (Wildman–Crippen LogP) is 9.96. The van der Waals surface area contributed by atoms with E-state index in [0.717, 1.165) is 18.8 Å². The number of carbonyl (C=O) groups excluding carboxylic acids is 1. The molecule has 0 rings (SSSR count). The van der Waals surface area contributed by atoms with Gasteiger partial charge in [-0.2, -0.15) is 23.5 Å². The van der Waals surface area contributed by atoms with Gasteiger partial charge < -0.3 is 0 Å². The number of hydrogen-bond acceptors (Lipinski definition) is 3. The molecule has 0 aliphatic heterocycles. The Balaban J connectivity index is 4.10. The van der Waals surface area contributed by atoms with Gasteiger partial charge in [0.15, 0.2) is 0 Å². The standard InChI is InChI=1S/C28H56OS2/c1-11-16-25(29)22-28(9,10)31-24(4)21-27(7,8)30-20-14-12-13-18-26(5,6)19-15-17-23(2)3/h23-24H,11-22H2,1-10H3. The van der Waals surface area contributed by atoms with E-state index in [2.05, 4.69) is 81.0 Å². The van der Waals surface area contributed by atoms with E-state index < -0.39 is 0 Å². The van der Waals surface area contributed by atoms with Gasteiger partial charge in [-0.05, 0) is 49.2 Å². The van der Waals surface area contributed by atoms with Crippen molar-refractivity contribution in [3.05, 3.63) is 0 Å². The highest BCUT2D eigenvalue weighted by atomic mass is 32.2. The Morgan fingerprint density at radius 3 is 2.03 bits per heavy atom. The van der Waals surface area contributed by atoms with E-state index in [1.165, 1.54) is 57.1 Å². The Kier molecular flexibility index (Phi) is 15.5. The normalized spacial score (nSPS) is 14.3. The topological polar surface area (TPSA) is 17.1 Å². The molecule has 0 N–H and O–H groups in total. The number of carbonyl (C=O) groups is 1. The van der Waals surface area contributed by atoms with Gasteiger partial charge in [0.25, 0.3) is 0 Å². The first-order valence-electron chi connectivity index (χ1n) is 13.0. The second-order valence-corrected chi connectivity index (χ2v) is 16.2. The number of Topliss-reactive ketones (excluding diaryl/α,β-unsaturated/α-hetero) is 1. The summed E-state index contributed by atoms with van der Waals surface area (Å²) < 4.78 is 0.362. The minimum absolute atomic E-state index is 0.0500. The maximum absolute atomic E-state index is 12.1. The van der Waals surface area contributed by atoms with E-state index in [1.807, 2.05) is 11.8 Å². The Labute approximate surface area is 205 Å². The Morgan fingerprint density at radius 1 is 0.839 bits per heavy atom. The van der Waals surface area contributed by atoms with Crippen LogP contribution in [0.1, 0.15) is 140 Å². The third-order valence-corrected chi connectivity index (χ3v) is 8.87. The van der Waals surface area contributed by atoms with E-state index in [0.29, 0.717) is 27.6 Å². The molecule has 1 nitrogen and oxygen atoms in total. The van der Waals surface area contributed by atoms with Crippen molar-refractivity contribution in [1.82, 2.24) is 0 Å². The minimum Gasteiger partial charge on any atom is -0.300 e. The molecule has 0 saturated carbocycles. The molecule has 0 bridgehead atoms. The summed E-state index contributed by atoms with van der Waals surface area (Å²) in [5, 5.41) is 0.582. The molecule has 0 heterocycles. The average Bonchev–Trinajstić information content (AvgIpc) is 2.55. The summed E-state index contributed by atoms with van der Waals surface area (Å²) in [4.78, 5) is 12.1. The van der Waals surface area contributed by atoms with Gasteiger partial charge in [-0.1, -0.05) is 94.9 Å². The van der Waals surface area contributed by atoms with Crippen molar-refractivity contribution in [3.63, 3.8) is 0 Å². The number of rotatable bonds is 19. The van der Waals surface area contributed by atoms with Gasteiger partial charge in [0.2, 0.25) is 0 Å². The van der Waals surface area contributed by atoms with E-state index in [-0.39, 0.29) is 4.75 Å². The Hall–Kier alpha value is 0.370. The van der Waals surface area contributed by atoms with Crippen LogP contribution in [0.25, 0.3) is 0 Å². The molecule has 0 amide bonds. The van der Waals surface area contributed by atoms with Crippen LogP contribution >= 0.6 is 23.5 Å². The van der Waals surface area contributed by atoms with Gasteiger partial charge in [-0.15, -0.1) is 0 Å². The molecule has 0 radical (unpaired) electrons. The van der Waals surface area contributed by atoms with E-state index in [4.69, 9.17) is 0 Å². The van der Waals surface area contributed by atoms with Crippen LogP contribution in [0.2, 0.25) is 0 Å². The van der Waals surface area contributed by atoms with Gasteiger partial charge >= 0.3 is 0 Å². The molecular weight excluding hydrogens is 416 g/mol. The van der Waals surface area contributed by atoms with E-state index >= 15 is 0 Å². The molecule has 1 atom stereocenters. The highest BCUT2D eigenvalue weighted by molar-refractivity contribution is 8.01. The molecular formula is C28H56OS2. The lowest BCUT2D eigenvalue weighted by molar-refractivity contribution is -0.119. The summed E-state index contributed by atoms with van der Waals surface area (Å²) in [5.41, 5.74) is 0.513. The lowest BCUT2D eigenvalue weighted by atomic mass is 9.81. The fourth-order valence-electron chi connectivity index (χ4n) is 4.57. The first-order valence-corrected chi connectivity index (χ1v) is 14.9. The van der Waals surface area contributed by atoms with Crippen LogP contribution < -0.4 is 0 Å². The molecule has 1 unspecified atom stereocenters. The molecule has 0 aromatic carbocycles. The minimum atomic E-state index is 0.0500. The highest BCUT2D eigenvalue weighted by Crippen LogP contribution is 2.39. The average molecular weight is 473 g/mol. The van der Waals surface area contributed by atoms with Crippen molar-refractivity contribution < 1.29 is 4.79 Å². The van der Waals surface area contributed by atoms with Crippen LogP contribution in [0.3, 0.4) is 0 Å². The molecule has 0 fully saturated rings. The molecule has 3 heteroatoms. The Morgan fingerprint density at radius 2 is 1.45 bits per heavy atom. The zero-order chi connectivity index (χ0) is 24.1. The van der Waals surface area contributed by atoms with Crippen LogP contribution in [0.5, 0.6) is 0 Å². The second kappa shape index (κ2) is 15.3. The fourth-order valence-corrected chi connectivity index (χ4v) is 7.77. The summed E-state index contributed by atoms with van der Waals surface area (Å²) in [7, 11) is 0. The first kappa shape index (κ1) is 31.4. The van der Waals surface area contributed by atoms with Crippen LogP contribution in [0.15, 0.2) is 0 Å². The number of ketones is 1. The summed E-state index contributed by atoms with van der Waals surface area (Å²) in [6, 6.07) is 0. The third-order valence-electron chi connectivity index (χ3n) is 6.08. The Bertz CT molecular complexity index is 479. The maximum atomic E-state index is 12.1.